The van der Waals surface area contributed by atoms with Crippen LogP contribution in [-0.2, 0) is 0 Å². The standard InChI is InChI=1S/C12H6BrF3N2O/c13-8-2-1-6(14)5-9(8)18-12(19)7-3-4-17-11(16)10(7)15/h1-5H,(H,18,19). The van der Waals surface area contributed by atoms with E-state index in [1.807, 2.05) is 0 Å². The minimum absolute atomic E-state index is 0.113. The molecule has 19 heavy (non-hydrogen) atoms. The van der Waals surface area contributed by atoms with Crippen molar-refractivity contribution in [3.05, 3.63) is 58.1 Å². The van der Waals surface area contributed by atoms with Gasteiger partial charge in [0.15, 0.2) is 5.82 Å². The zero-order valence-corrected chi connectivity index (χ0v) is 10.8. The van der Waals surface area contributed by atoms with E-state index in [4.69, 9.17) is 0 Å². The number of nitrogens with zero attached hydrogens (tertiary/aromatic N) is 1. The van der Waals surface area contributed by atoms with E-state index < -0.39 is 29.1 Å². The Kier molecular flexibility index (Phi) is 3.84. The van der Waals surface area contributed by atoms with Crippen molar-refractivity contribution in [3.8, 4) is 0 Å². The van der Waals surface area contributed by atoms with Gasteiger partial charge < -0.3 is 5.32 Å². The number of halogens is 4. The maximum atomic E-state index is 13.4. The summed E-state index contributed by atoms with van der Waals surface area (Å²) in [6.45, 7) is 0. The normalized spacial score (nSPS) is 10.3. The van der Waals surface area contributed by atoms with Crippen molar-refractivity contribution >= 4 is 27.5 Å². The van der Waals surface area contributed by atoms with Crippen molar-refractivity contribution in [3.63, 3.8) is 0 Å². The molecule has 0 saturated carbocycles. The smallest absolute Gasteiger partial charge is 0.258 e. The topological polar surface area (TPSA) is 42.0 Å². The van der Waals surface area contributed by atoms with Gasteiger partial charge in [0.1, 0.15) is 5.82 Å². The largest absolute Gasteiger partial charge is 0.321 e. The van der Waals surface area contributed by atoms with Gasteiger partial charge in [-0.25, -0.2) is 13.8 Å². The summed E-state index contributed by atoms with van der Waals surface area (Å²) in [4.78, 5) is 14.8. The molecule has 1 N–H and O–H groups in total. The van der Waals surface area contributed by atoms with E-state index in [0.717, 1.165) is 18.3 Å². The average Bonchev–Trinajstić information content (AvgIpc) is 2.37. The molecule has 0 saturated heterocycles. The highest BCUT2D eigenvalue weighted by Gasteiger charge is 2.17. The predicted molar refractivity (Wildman–Crippen MR) is 66.2 cm³/mol. The number of carbonyl (C=O) groups excluding carboxylic acids is 1. The molecule has 98 valence electrons. The summed E-state index contributed by atoms with van der Waals surface area (Å²) in [5.74, 6) is -4.19. The first-order chi connectivity index (χ1) is 8.99. The minimum Gasteiger partial charge on any atom is -0.321 e. The lowest BCUT2D eigenvalue weighted by molar-refractivity contribution is 0.102. The molecule has 1 aromatic carbocycles. The first-order valence-corrected chi connectivity index (χ1v) is 5.84. The van der Waals surface area contributed by atoms with Gasteiger partial charge in [0.25, 0.3) is 5.91 Å². The Balaban J connectivity index is 2.31. The van der Waals surface area contributed by atoms with Crippen molar-refractivity contribution in [2.45, 2.75) is 0 Å². The Morgan fingerprint density at radius 2 is 1.95 bits per heavy atom. The lowest BCUT2D eigenvalue weighted by Gasteiger charge is -2.08. The molecule has 0 radical (unpaired) electrons. The van der Waals surface area contributed by atoms with Crippen molar-refractivity contribution in [1.82, 2.24) is 4.98 Å². The molecule has 1 amide bonds. The highest BCUT2D eigenvalue weighted by atomic mass is 79.9. The number of hydrogen-bond acceptors (Lipinski definition) is 2. The fourth-order valence-corrected chi connectivity index (χ4v) is 1.72. The van der Waals surface area contributed by atoms with Crippen LogP contribution in [0.3, 0.4) is 0 Å². The Labute approximate surface area is 114 Å². The number of pyridine rings is 1. The maximum Gasteiger partial charge on any atom is 0.258 e. The number of aromatic nitrogens is 1. The second-order valence-corrected chi connectivity index (χ2v) is 4.40. The van der Waals surface area contributed by atoms with Crippen LogP contribution in [0.15, 0.2) is 34.9 Å². The van der Waals surface area contributed by atoms with E-state index in [9.17, 15) is 18.0 Å². The van der Waals surface area contributed by atoms with Gasteiger partial charge in [-0.1, -0.05) is 0 Å². The number of amides is 1. The van der Waals surface area contributed by atoms with Gasteiger partial charge >= 0.3 is 0 Å². The van der Waals surface area contributed by atoms with Crippen LogP contribution in [0.25, 0.3) is 0 Å². The average molecular weight is 331 g/mol. The highest BCUT2D eigenvalue weighted by molar-refractivity contribution is 9.10. The summed E-state index contributed by atoms with van der Waals surface area (Å²) in [6.07, 6.45) is 0.966. The molecule has 0 aliphatic rings. The van der Waals surface area contributed by atoms with Gasteiger partial charge in [0.05, 0.1) is 11.3 Å². The molecule has 0 unspecified atom stereocenters. The van der Waals surface area contributed by atoms with Gasteiger partial charge in [-0.2, -0.15) is 4.39 Å². The summed E-state index contributed by atoms with van der Waals surface area (Å²) in [5.41, 5.74) is -0.398. The van der Waals surface area contributed by atoms with Crippen LogP contribution in [-0.4, -0.2) is 10.9 Å². The van der Waals surface area contributed by atoms with Crippen molar-refractivity contribution in [2.75, 3.05) is 5.32 Å². The number of rotatable bonds is 2. The first kappa shape index (κ1) is 13.5. The van der Waals surface area contributed by atoms with Gasteiger partial charge in [0.2, 0.25) is 5.95 Å². The lowest BCUT2D eigenvalue weighted by Crippen LogP contribution is -2.15. The van der Waals surface area contributed by atoms with E-state index in [-0.39, 0.29) is 5.69 Å². The molecule has 1 aromatic heterocycles. The predicted octanol–water partition coefficient (Wildman–Crippen LogP) is 3.51. The number of benzene rings is 1. The van der Waals surface area contributed by atoms with Crippen LogP contribution in [0.4, 0.5) is 18.9 Å². The van der Waals surface area contributed by atoms with Crippen molar-refractivity contribution in [1.29, 1.82) is 0 Å². The van der Waals surface area contributed by atoms with Crippen LogP contribution in [0.5, 0.6) is 0 Å². The summed E-state index contributed by atoms with van der Waals surface area (Å²) in [7, 11) is 0. The summed E-state index contributed by atoms with van der Waals surface area (Å²) >= 11 is 3.10. The molecule has 7 heteroatoms. The van der Waals surface area contributed by atoms with E-state index in [0.29, 0.717) is 4.47 Å². The Morgan fingerprint density at radius 3 is 2.68 bits per heavy atom. The van der Waals surface area contributed by atoms with Crippen molar-refractivity contribution < 1.29 is 18.0 Å². The van der Waals surface area contributed by atoms with Crippen molar-refractivity contribution in [2.24, 2.45) is 0 Å². The fraction of sp³-hybridized carbons (Fsp3) is 0. The molecule has 0 bridgehead atoms. The van der Waals surface area contributed by atoms with Crippen LogP contribution in [0.1, 0.15) is 10.4 Å². The third kappa shape index (κ3) is 2.93. The molecule has 0 fully saturated rings. The van der Waals surface area contributed by atoms with Crippen LogP contribution in [0.2, 0.25) is 0 Å². The van der Waals surface area contributed by atoms with Gasteiger partial charge in [0, 0.05) is 10.7 Å². The lowest BCUT2D eigenvalue weighted by atomic mass is 10.2. The molecule has 1 heterocycles. The third-order valence-corrected chi connectivity index (χ3v) is 2.96. The molecule has 3 nitrogen and oxygen atoms in total. The number of anilines is 1. The zero-order valence-electron chi connectivity index (χ0n) is 9.25. The molecule has 0 aliphatic carbocycles. The SMILES string of the molecule is O=C(Nc1cc(F)ccc1Br)c1ccnc(F)c1F. The zero-order chi connectivity index (χ0) is 14.0. The quantitative estimate of drug-likeness (QED) is 0.856. The Bertz CT molecular complexity index is 649. The summed E-state index contributed by atoms with van der Waals surface area (Å²) in [5, 5.41) is 2.28. The molecular weight excluding hydrogens is 325 g/mol. The Hall–Kier alpha value is -1.89. The maximum absolute atomic E-state index is 13.4. The number of nitrogens with one attached hydrogen (secondary N) is 1. The molecule has 2 rings (SSSR count). The third-order valence-electron chi connectivity index (χ3n) is 2.27. The van der Waals surface area contributed by atoms with Gasteiger partial charge in [-0.15, -0.1) is 0 Å². The van der Waals surface area contributed by atoms with Crippen LogP contribution in [0, 0.1) is 17.6 Å². The molecular formula is C12H6BrF3N2O. The summed E-state index contributed by atoms with van der Waals surface area (Å²) in [6, 6.07) is 4.65. The minimum atomic E-state index is -1.37. The molecule has 0 atom stereocenters. The summed E-state index contributed by atoms with van der Waals surface area (Å²) < 4.78 is 39.7. The van der Waals surface area contributed by atoms with Gasteiger partial charge in [-0.05, 0) is 40.2 Å². The van der Waals surface area contributed by atoms with Crippen LogP contribution >= 0.6 is 15.9 Å². The first-order valence-electron chi connectivity index (χ1n) is 5.05. The van der Waals surface area contributed by atoms with E-state index in [1.54, 1.807) is 0 Å². The monoisotopic (exact) mass is 330 g/mol. The van der Waals surface area contributed by atoms with E-state index in [1.165, 1.54) is 12.1 Å². The van der Waals surface area contributed by atoms with E-state index in [2.05, 4.69) is 26.2 Å². The van der Waals surface area contributed by atoms with Gasteiger partial charge in [-0.3, -0.25) is 4.79 Å². The molecule has 0 aliphatic heterocycles. The Morgan fingerprint density at radius 1 is 1.21 bits per heavy atom. The highest BCUT2D eigenvalue weighted by Crippen LogP contribution is 2.24. The second kappa shape index (κ2) is 5.40. The number of carbonyl (C=O) groups is 1. The molecule has 2 aromatic rings. The second-order valence-electron chi connectivity index (χ2n) is 3.54. The molecule has 0 spiro atoms. The fourth-order valence-electron chi connectivity index (χ4n) is 1.38. The van der Waals surface area contributed by atoms with E-state index >= 15 is 0 Å². The van der Waals surface area contributed by atoms with Crippen LogP contribution < -0.4 is 5.32 Å². The number of hydrogen-bond donors (Lipinski definition) is 1.